The fourth-order valence-electron chi connectivity index (χ4n) is 4.28. The normalized spacial score (nSPS) is 16.5. The number of ether oxygens (including phenoxy) is 2. The number of amides is 3. The second kappa shape index (κ2) is 12.0. The van der Waals surface area contributed by atoms with Crippen LogP contribution in [0.1, 0.15) is 55.4 Å². The molecule has 0 spiro atoms. The lowest BCUT2D eigenvalue weighted by Crippen LogP contribution is -2.53. The van der Waals surface area contributed by atoms with E-state index in [1.807, 2.05) is 6.92 Å². The summed E-state index contributed by atoms with van der Waals surface area (Å²) in [5, 5.41) is 0. The summed E-state index contributed by atoms with van der Waals surface area (Å²) in [7, 11) is 1.77. The Bertz CT molecular complexity index is 1130. The summed E-state index contributed by atoms with van der Waals surface area (Å²) in [6, 6.07) is 3.73. The Balaban J connectivity index is 1.52. The number of aromatic nitrogens is 1. The molecule has 1 aliphatic carbocycles. The number of rotatable bonds is 10. The quantitative estimate of drug-likeness (QED) is 0.490. The van der Waals surface area contributed by atoms with Crippen molar-refractivity contribution in [3.63, 3.8) is 0 Å². The topological polar surface area (TPSA) is 114 Å². The maximum atomic E-state index is 13.4. The van der Waals surface area contributed by atoms with Crippen molar-refractivity contribution < 1.29 is 32.3 Å². The number of halogens is 2. The van der Waals surface area contributed by atoms with Crippen molar-refractivity contribution in [2.45, 2.75) is 45.8 Å². The van der Waals surface area contributed by atoms with E-state index in [-0.39, 0.29) is 40.8 Å². The number of benzene rings is 1. The van der Waals surface area contributed by atoms with Crippen molar-refractivity contribution in [1.29, 1.82) is 0 Å². The Morgan fingerprint density at radius 3 is 2.47 bits per heavy atom. The number of hydrogen-bond acceptors (Lipinski definition) is 7. The average molecular weight is 536 g/mol. The van der Waals surface area contributed by atoms with Gasteiger partial charge in [0.2, 0.25) is 5.89 Å². The highest BCUT2D eigenvalue weighted by atomic mass is 19.3. The average Bonchev–Trinajstić information content (AvgIpc) is 3.62. The third-order valence-corrected chi connectivity index (χ3v) is 6.57. The van der Waals surface area contributed by atoms with Crippen molar-refractivity contribution in [3.05, 3.63) is 29.7 Å². The van der Waals surface area contributed by atoms with Gasteiger partial charge in [0, 0.05) is 45.3 Å². The predicted octanol–water partition coefficient (Wildman–Crippen LogP) is 3.97. The van der Waals surface area contributed by atoms with Gasteiger partial charge >= 0.3 is 12.6 Å². The molecule has 2 aromatic rings. The SMILES string of the molecule is CCCN(C)C(=O)N1CCN(C(=O)c2nc(-c3ccc(OC(F)F)c(OCC4CC4)c3)oc2C(C)N)CC1. The summed E-state index contributed by atoms with van der Waals surface area (Å²) in [5.74, 6) is 0.462. The van der Waals surface area contributed by atoms with Crippen LogP contribution < -0.4 is 15.2 Å². The van der Waals surface area contributed by atoms with Crippen LogP contribution in [0.3, 0.4) is 0 Å². The Labute approximate surface area is 220 Å². The molecule has 2 N–H and O–H groups in total. The van der Waals surface area contributed by atoms with Gasteiger partial charge in [0.1, 0.15) is 0 Å². The zero-order valence-electron chi connectivity index (χ0n) is 22.0. The number of piperazine rings is 1. The predicted molar refractivity (Wildman–Crippen MR) is 135 cm³/mol. The highest BCUT2D eigenvalue weighted by molar-refractivity contribution is 5.94. The smallest absolute Gasteiger partial charge is 0.387 e. The fraction of sp³-hybridized carbons (Fsp3) is 0.577. The van der Waals surface area contributed by atoms with Crippen molar-refractivity contribution in [1.82, 2.24) is 19.7 Å². The number of carbonyl (C=O) groups is 2. The maximum absolute atomic E-state index is 13.4. The van der Waals surface area contributed by atoms with E-state index in [2.05, 4.69) is 9.72 Å². The first kappa shape index (κ1) is 27.6. The Hall–Kier alpha value is -3.41. The molecule has 1 aliphatic heterocycles. The van der Waals surface area contributed by atoms with Crippen molar-refractivity contribution in [3.8, 4) is 23.0 Å². The molecule has 1 saturated heterocycles. The summed E-state index contributed by atoms with van der Waals surface area (Å²) in [4.78, 5) is 35.5. The van der Waals surface area contributed by atoms with Crippen LogP contribution in [0.2, 0.25) is 0 Å². The molecule has 1 aromatic heterocycles. The molecule has 38 heavy (non-hydrogen) atoms. The molecule has 208 valence electrons. The van der Waals surface area contributed by atoms with Crippen molar-refractivity contribution in [2.24, 2.45) is 11.7 Å². The van der Waals surface area contributed by atoms with Gasteiger partial charge in [0.15, 0.2) is 23.0 Å². The second-order valence-corrected chi connectivity index (χ2v) is 9.80. The Kier molecular flexibility index (Phi) is 8.70. The zero-order chi connectivity index (χ0) is 27.4. The molecular formula is C26H35F2N5O5. The summed E-state index contributed by atoms with van der Waals surface area (Å²) < 4.78 is 42.1. The molecule has 1 saturated carbocycles. The van der Waals surface area contributed by atoms with Crippen LogP contribution in [-0.4, -0.2) is 84.6 Å². The number of oxazole rings is 1. The number of nitrogens with two attached hydrogens (primary N) is 1. The van der Waals surface area contributed by atoms with E-state index in [1.165, 1.54) is 18.2 Å². The van der Waals surface area contributed by atoms with E-state index in [0.717, 1.165) is 19.3 Å². The van der Waals surface area contributed by atoms with Crippen LogP contribution in [0, 0.1) is 5.92 Å². The lowest BCUT2D eigenvalue weighted by atomic mass is 10.2. The molecule has 4 rings (SSSR count). The van der Waals surface area contributed by atoms with Crippen LogP contribution >= 0.6 is 0 Å². The lowest BCUT2D eigenvalue weighted by Gasteiger charge is -2.36. The number of carbonyl (C=O) groups excluding carboxylic acids is 2. The molecule has 12 heteroatoms. The lowest BCUT2D eigenvalue weighted by molar-refractivity contribution is -0.0515. The Morgan fingerprint density at radius 2 is 1.87 bits per heavy atom. The molecule has 0 bridgehead atoms. The number of urea groups is 1. The van der Waals surface area contributed by atoms with E-state index >= 15 is 0 Å². The van der Waals surface area contributed by atoms with Gasteiger partial charge in [-0.1, -0.05) is 6.92 Å². The van der Waals surface area contributed by atoms with Crippen LogP contribution in [0.5, 0.6) is 11.5 Å². The van der Waals surface area contributed by atoms with E-state index in [4.69, 9.17) is 14.9 Å². The minimum absolute atomic E-state index is 0.0575. The van der Waals surface area contributed by atoms with E-state index in [1.54, 1.807) is 28.7 Å². The minimum Gasteiger partial charge on any atom is -0.489 e. The highest BCUT2D eigenvalue weighted by Gasteiger charge is 2.31. The Morgan fingerprint density at radius 1 is 1.18 bits per heavy atom. The monoisotopic (exact) mass is 535 g/mol. The molecule has 2 aliphatic rings. The van der Waals surface area contributed by atoms with Crippen LogP contribution in [0.4, 0.5) is 13.6 Å². The maximum Gasteiger partial charge on any atom is 0.387 e. The minimum atomic E-state index is -3.00. The molecule has 0 radical (unpaired) electrons. The third-order valence-electron chi connectivity index (χ3n) is 6.57. The first-order chi connectivity index (χ1) is 18.2. The highest BCUT2D eigenvalue weighted by Crippen LogP contribution is 2.37. The molecule has 1 aromatic carbocycles. The fourth-order valence-corrected chi connectivity index (χ4v) is 4.28. The number of hydrogen-bond donors (Lipinski definition) is 1. The van der Waals surface area contributed by atoms with Gasteiger partial charge in [0.25, 0.3) is 5.91 Å². The van der Waals surface area contributed by atoms with Crippen molar-refractivity contribution >= 4 is 11.9 Å². The zero-order valence-corrected chi connectivity index (χ0v) is 22.0. The molecule has 2 heterocycles. The first-order valence-electron chi connectivity index (χ1n) is 13.0. The largest absolute Gasteiger partial charge is 0.489 e. The molecule has 2 fully saturated rings. The van der Waals surface area contributed by atoms with E-state index in [9.17, 15) is 18.4 Å². The molecule has 1 unspecified atom stereocenters. The summed E-state index contributed by atoms with van der Waals surface area (Å²) in [6.07, 6.45) is 2.93. The van der Waals surface area contributed by atoms with Gasteiger partial charge in [0.05, 0.1) is 12.6 Å². The van der Waals surface area contributed by atoms with Gasteiger partial charge in [-0.05, 0) is 50.3 Å². The second-order valence-electron chi connectivity index (χ2n) is 9.80. The number of nitrogens with zero attached hydrogens (tertiary/aromatic N) is 4. The molecule has 3 amide bonds. The van der Waals surface area contributed by atoms with Crippen LogP contribution in [0.25, 0.3) is 11.5 Å². The third kappa shape index (κ3) is 6.53. The number of alkyl halides is 2. The van der Waals surface area contributed by atoms with Gasteiger partial charge < -0.3 is 34.3 Å². The first-order valence-corrected chi connectivity index (χ1v) is 13.0. The van der Waals surface area contributed by atoms with Crippen LogP contribution in [-0.2, 0) is 0 Å². The molecule has 1 atom stereocenters. The van der Waals surface area contributed by atoms with Crippen LogP contribution in [0.15, 0.2) is 22.6 Å². The summed E-state index contributed by atoms with van der Waals surface area (Å²) >= 11 is 0. The van der Waals surface area contributed by atoms with E-state index < -0.39 is 12.7 Å². The van der Waals surface area contributed by atoms with E-state index in [0.29, 0.717) is 50.8 Å². The molecule has 10 nitrogen and oxygen atoms in total. The molecular weight excluding hydrogens is 500 g/mol. The summed E-state index contributed by atoms with van der Waals surface area (Å²) in [6.45, 7) is 3.28. The standard InChI is InChI=1S/C26H35F2N5O5/c1-4-9-31(3)26(35)33-12-10-32(11-13-33)24(34)21-22(16(2)29)38-23(30-21)18-7-8-19(37-25(27)28)20(14-18)36-15-17-5-6-17/h7-8,14,16-17,25H,4-6,9-13,15,29H2,1-3H3. The van der Waals surface area contributed by atoms with Gasteiger partial charge in [-0.2, -0.15) is 8.78 Å². The van der Waals surface area contributed by atoms with Gasteiger partial charge in [-0.3, -0.25) is 4.79 Å². The summed E-state index contributed by atoms with van der Waals surface area (Å²) in [5.41, 5.74) is 6.63. The van der Waals surface area contributed by atoms with Gasteiger partial charge in [-0.15, -0.1) is 0 Å². The van der Waals surface area contributed by atoms with Gasteiger partial charge in [-0.25, -0.2) is 9.78 Å². The van der Waals surface area contributed by atoms with Crippen molar-refractivity contribution in [2.75, 3.05) is 46.4 Å².